The first-order valence-electron chi connectivity index (χ1n) is 7.25. The van der Waals surface area contributed by atoms with Crippen LogP contribution in [0, 0.1) is 11.3 Å². The summed E-state index contributed by atoms with van der Waals surface area (Å²) in [6.07, 6.45) is 4.66. The lowest BCUT2D eigenvalue weighted by atomic mass is 9.83. The maximum atomic E-state index is 12.2. The molecule has 0 aromatic rings. The quantitative estimate of drug-likeness (QED) is 0.758. The molecule has 2 unspecified atom stereocenters. The van der Waals surface area contributed by atoms with E-state index >= 15 is 0 Å². The van der Waals surface area contributed by atoms with Crippen molar-refractivity contribution in [3.63, 3.8) is 0 Å². The average Bonchev–Trinajstić information content (AvgIpc) is 3.11. The molecule has 1 aliphatic carbocycles. The van der Waals surface area contributed by atoms with E-state index in [1.807, 2.05) is 6.92 Å². The first-order valence-corrected chi connectivity index (χ1v) is 7.25. The summed E-state index contributed by atoms with van der Waals surface area (Å²) < 4.78 is 0. The van der Waals surface area contributed by atoms with Gasteiger partial charge in [-0.3, -0.25) is 9.59 Å². The van der Waals surface area contributed by atoms with Crippen molar-refractivity contribution in [2.24, 2.45) is 17.1 Å². The van der Waals surface area contributed by atoms with E-state index in [1.54, 1.807) is 4.90 Å². The van der Waals surface area contributed by atoms with Gasteiger partial charge < -0.3 is 15.7 Å². The molecule has 19 heavy (non-hydrogen) atoms. The van der Waals surface area contributed by atoms with Crippen LogP contribution >= 0.6 is 0 Å². The summed E-state index contributed by atoms with van der Waals surface area (Å²) >= 11 is 0. The molecular formula is C14H24N2O3. The highest BCUT2D eigenvalue weighted by Gasteiger charge is 2.45. The Labute approximate surface area is 114 Å². The van der Waals surface area contributed by atoms with E-state index in [9.17, 15) is 14.7 Å². The SMILES string of the molecule is CCCC1(C(=O)O)CCN(C(=O)CC(N)C2CC2)C1. The van der Waals surface area contributed by atoms with Crippen LogP contribution in [0.3, 0.4) is 0 Å². The second kappa shape index (κ2) is 5.49. The van der Waals surface area contributed by atoms with E-state index < -0.39 is 11.4 Å². The molecule has 2 atom stereocenters. The Morgan fingerprint density at radius 1 is 1.47 bits per heavy atom. The van der Waals surface area contributed by atoms with E-state index in [0.29, 0.717) is 38.3 Å². The Kier molecular flexibility index (Phi) is 4.13. The van der Waals surface area contributed by atoms with Gasteiger partial charge in [0.1, 0.15) is 0 Å². The number of nitrogens with two attached hydrogens (primary N) is 1. The van der Waals surface area contributed by atoms with E-state index in [2.05, 4.69) is 0 Å². The lowest BCUT2D eigenvalue weighted by molar-refractivity contribution is -0.149. The molecule has 2 aliphatic rings. The van der Waals surface area contributed by atoms with Gasteiger partial charge in [0.2, 0.25) is 5.91 Å². The van der Waals surface area contributed by atoms with Crippen molar-refractivity contribution in [2.45, 2.75) is 51.5 Å². The largest absolute Gasteiger partial charge is 0.481 e. The predicted molar refractivity (Wildman–Crippen MR) is 71.5 cm³/mol. The van der Waals surface area contributed by atoms with Crippen LogP contribution in [-0.4, -0.2) is 41.0 Å². The molecule has 108 valence electrons. The molecule has 1 aliphatic heterocycles. The number of likely N-dealkylation sites (tertiary alicyclic amines) is 1. The van der Waals surface area contributed by atoms with Crippen molar-refractivity contribution >= 4 is 11.9 Å². The zero-order valence-electron chi connectivity index (χ0n) is 11.6. The number of carbonyl (C=O) groups is 2. The molecule has 1 saturated carbocycles. The molecule has 5 nitrogen and oxygen atoms in total. The van der Waals surface area contributed by atoms with Crippen molar-refractivity contribution in [3.05, 3.63) is 0 Å². The number of amides is 1. The number of aliphatic carboxylic acids is 1. The number of hydrogen-bond donors (Lipinski definition) is 2. The third-order valence-corrected chi connectivity index (χ3v) is 4.53. The highest BCUT2D eigenvalue weighted by atomic mass is 16.4. The monoisotopic (exact) mass is 268 g/mol. The highest BCUT2D eigenvalue weighted by molar-refractivity contribution is 5.81. The van der Waals surface area contributed by atoms with Gasteiger partial charge in [-0.2, -0.15) is 0 Å². The molecule has 1 heterocycles. The number of carbonyl (C=O) groups excluding carboxylic acids is 1. The average molecular weight is 268 g/mol. The molecule has 0 aromatic heterocycles. The van der Waals surface area contributed by atoms with Gasteiger partial charge in [-0.25, -0.2) is 0 Å². The van der Waals surface area contributed by atoms with Gasteiger partial charge in [-0.05, 0) is 31.6 Å². The summed E-state index contributed by atoms with van der Waals surface area (Å²) in [7, 11) is 0. The molecule has 5 heteroatoms. The normalized spacial score (nSPS) is 28.4. The van der Waals surface area contributed by atoms with Gasteiger partial charge in [-0.15, -0.1) is 0 Å². The summed E-state index contributed by atoms with van der Waals surface area (Å²) in [5.74, 6) is -0.235. The third kappa shape index (κ3) is 3.08. The fourth-order valence-electron chi connectivity index (χ4n) is 3.07. The lowest BCUT2D eigenvalue weighted by Gasteiger charge is -2.24. The summed E-state index contributed by atoms with van der Waals surface area (Å²) in [6.45, 7) is 2.90. The number of carboxylic acid groups (broad SMARTS) is 1. The maximum absolute atomic E-state index is 12.2. The van der Waals surface area contributed by atoms with Gasteiger partial charge >= 0.3 is 5.97 Å². The summed E-state index contributed by atoms with van der Waals surface area (Å²) in [5.41, 5.74) is 5.24. The summed E-state index contributed by atoms with van der Waals surface area (Å²) in [6, 6.07) is -0.0431. The minimum Gasteiger partial charge on any atom is -0.481 e. The third-order valence-electron chi connectivity index (χ3n) is 4.53. The zero-order chi connectivity index (χ0) is 14.0. The van der Waals surface area contributed by atoms with Gasteiger partial charge in [0.25, 0.3) is 0 Å². The van der Waals surface area contributed by atoms with Gasteiger partial charge in [0.15, 0.2) is 0 Å². The summed E-state index contributed by atoms with van der Waals surface area (Å²) in [5, 5.41) is 9.41. The molecule has 0 spiro atoms. The standard InChI is InChI=1S/C14H24N2O3/c1-2-5-14(13(18)19)6-7-16(9-14)12(17)8-11(15)10-3-4-10/h10-11H,2-9,15H2,1H3,(H,18,19). The molecular weight excluding hydrogens is 244 g/mol. The molecule has 3 N–H and O–H groups in total. The van der Waals surface area contributed by atoms with E-state index in [-0.39, 0.29) is 11.9 Å². The fourth-order valence-corrected chi connectivity index (χ4v) is 3.07. The van der Waals surface area contributed by atoms with Crippen LogP contribution < -0.4 is 5.73 Å². The van der Waals surface area contributed by atoms with Gasteiger partial charge in [0.05, 0.1) is 5.41 Å². The van der Waals surface area contributed by atoms with Crippen molar-refractivity contribution in [1.29, 1.82) is 0 Å². The Morgan fingerprint density at radius 3 is 2.68 bits per heavy atom. The second-order valence-corrected chi connectivity index (χ2v) is 6.11. The molecule has 2 fully saturated rings. The molecule has 0 aromatic carbocycles. The Hall–Kier alpha value is -1.10. The van der Waals surface area contributed by atoms with Gasteiger partial charge in [0, 0.05) is 25.6 Å². The van der Waals surface area contributed by atoms with Crippen molar-refractivity contribution in [3.8, 4) is 0 Å². The number of carboxylic acids is 1. The number of nitrogens with zero attached hydrogens (tertiary/aromatic N) is 1. The minimum absolute atomic E-state index is 0.0265. The van der Waals surface area contributed by atoms with Crippen LogP contribution in [0.5, 0.6) is 0 Å². The molecule has 1 saturated heterocycles. The minimum atomic E-state index is -0.767. The fraction of sp³-hybridized carbons (Fsp3) is 0.857. The molecule has 1 amide bonds. The highest BCUT2D eigenvalue weighted by Crippen LogP contribution is 2.37. The van der Waals surface area contributed by atoms with Gasteiger partial charge in [-0.1, -0.05) is 13.3 Å². The first kappa shape index (κ1) is 14.3. The van der Waals surface area contributed by atoms with Crippen molar-refractivity contribution in [2.75, 3.05) is 13.1 Å². The van der Waals surface area contributed by atoms with E-state index in [1.165, 1.54) is 0 Å². The number of rotatable bonds is 6. The first-order chi connectivity index (χ1) is 8.98. The smallest absolute Gasteiger partial charge is 0.311 e. The van der Waals surface area contributed by atoms with Crippen LogP contribution in [0.25, 0.3) is 0 Å². The number of hydrogen-bond acceptors (Lipinski definition) is 3. The van der Waals surface area contributed by atoms with E-state index in [0.717, 1.165) is 19.3 Å². The maximum Gasteiger partial charge on any atom is 0.311 e. The predicted octanol–water partition coefficient (Wildman–Crippen LogP) is 1.22. The molecule has 0 bridgehead atoms. The Balaban J connectivity index is 1.92. The van der Waals surface area contributed by atoms with Crippen molar-refractivity contribution < 1.29 is 14.7 Å². The van der Waals surface area contributed by atoms with Crippen LogP contribution in [0.2, 0.25) is 0 Å². The summed E-state index contributed by atoms with van der Waals surface area (Å²) in [4.78, 5) is 25.3. The van der Waals surface area contributed by atoms with Crippen LogP contribution in [0.15, 0.2) is 0 Å². The Bertz CT molecular complexity index is 368. The molecule has 0 radical (unpaired) electrons. The van der Waals surface area contributed by atoms with Crippen molar-refractivity contribution in [1.82, 2.24) is 4.90 Å². The topological polar surface area (TPSA) is 83.6 Å². The van der Waals surface area contributed by atoms with Crippen LogP contribution in [0.4, 0.5) is 0 Å². The van der Waals surface area contributed by atoms with Crippen LogP contribution in [0.1, 0.15) is 45.4 Å². The molecule has 2 rings (SSSR count). The lowest BCUT2D eigenvalue weighted by Crippen LogP contribution is -2.39. The van der Waals surface area contributed by atoms with E-state index in [4.69, 9.17) is 5.73 Å². The zero-order valence-corrected chi connectivity index (χ0v) is 11.6. The second-order valence-electron chi connectivity index (χ2n) is 6.11. The Morgan fingerprint density at radius 2 is 2.16 bits per heavy atom. The van der Waals surface area contributed by atoms with Crippen LogP contribution in [-0.2, 0) is 9.59 Å².